The van der Waals surface area contributed by atoms with E-state index in [1.165, 1.54) is 6.07 Å². The van der Waals surface area contributed by atoms with Crippen LogP contribution in [0.2, 0.25) is 0 Å². The number of benzene rings is 1. The Labute approximate surface area is 135 Å². The second-order valence-corrected chi connectivity index (χ2v) is 5.92. The monoisotopic (exact) mass is 322 g/mol. The lowest BCUT2D eigenvalue weighted by atomic mass is 10.0. The number of nitrogens with zero attached hydrogens (tertiary/aromatic N) is 1. The minimum absolute atomic E-state index is 0.144. The number of carbonyl (C=O) groups excluding carboxylic acids is 1. The number of rotatable bonds is 5. The SMILES string of the molecule is O=C1NCCN(CCO[C@@H]2CCCCO2)[C@H]1c1ccccc1F. The molecule has 2 atom stereocenters. The van der Waals surface area contributed by atoms with Crippen molar-refractivity contribution < 1.29 is 18.7 Å². The summed E-state index contributed by atoms with van der Waals surface area (Å²) in [5.74, 6) is -0.508. The molecular formula is C17H23FN2O3. The molecule has 3 rings (SSSR count). The van der Waals surface area contributed by atoms with Gasteiger partial charge >= 0.3 is 0 Å². The number of halogens is 1. The Bertz CT molecular complexity index is 534. The molecule has 0 radical (unpaired) electrons. The maximum absolute atomic E-state index is 14.1. The van der Waals surface area contributed by atoms with Crippen molar-refractivity contribution in [2.24, 2.45) is 0 Å². The average molecular weight is 322 g/mol. The van der Waals surface area contributed by atoms with E-state index in [2.05, 4.69) is 5.32 Å². The van der Waals surface area contributed by atoms with Gasteiger partial charge in [0, 0.05) is 31.8 Å². The van der Waals surface area contributed by atoms with Crippen LogP contribution < -0.4 is 5.32 Å². The first-order valence-corrected chi connectivity index (χ1v) is 8.25. The van der Waals surface area contributed by atoms with Crippen molar-refractivity contribution in [3.05, 3.63) is 35.6 Å². The molecule has 0 saturated carbocycles. The molecule has 0 unspecified atom stereocenters. The lowest BCUT2D eigenvalue weighted by Crippen LogP contribution is -2.51. The van der Waals surface area contributed by atoms with E-state index in [0.717, 1.165) is 25.9 Å². The Morgan fingerprint density at radius 3 is 3.00 bits per heavy atom. The van der Waals surface area contributed by atoms with Gasteiger partial charge in [-0.1, -0.05) is 18.2 Å². The Kier molecular flexibility index (Phi) is 5.59. The Morgan fingerprint density at radius 1 is 1.35 bits per heavy atom. The van der Waals surface area contributed by atoms with Crippen LogP contribution in [0.25, 0.3) is 0 Å². The number of carbonyl (C=O) groups is 1. The molecule has 1 amide bonds. The van der Waals surface area contributed by atoms with Gasteiger partial charge in [0.05, 0.1) is 6.61 Å². The summed E-state index contributed by atoms with van der Waals surface area (Å²) in [7, 11) is 0. The molecule has 1 N–H and O–H groups in total. The standard InChI is InChI=1S/C17H23FN2O3/c18-14-6-2-1-5-13(14)16-17(21)19-8-9-20(16)10-12-23-15-7-3-4-11-22-15/h1-2,5-6,15-16H,3-4,7-12H2,(H,19,21)/t15-,16+/m1/s1. The first kappa shape index (κ1) is 16.4. The summed E-state index contributed by atoms with van der Waals surface area (Å²) in [6.07, 6.45) is 2.97. The second-order valence-electron chi connectivity index (χ2n) is 5.92. The van der Waals surface area contributed by atoms with E-state index in [0.29, 0.717) is 31.8 Å². The maximum atomic E-state index is 14.1. The Morgan fingerprint density at radius 2 is 2.22 bits per heavy atom. The van der Waals surface area contributed by atoms with Gasteiger partial charge in [-0.2, -0.15) is 0 Å². The van der Waals surface area contributed by atoms with Crippen LogP contribution in [-0.4, -0.2) is 49.9 Å². The van der Waals surface area contributed by atoms with E-state index < -0.39 is 6.04 Å². The van der Waals surface area contributed by atoms with Gasteiger partial charge in [-0.3, -0.25) is 9.69 Å². The fraction of sp³-hybridized carbons (Fsp3) is 0.588. The maximum Gasteiger partial charge on any atom is 0.242 e. The fourth-order valence-electron chi connectivity index (χ4n) is 3.13. The number of amides is 1. The van der Waals surface area contributed by atoms with Crippen molar-refractivity contribution in [1.29, 1.82) is 0 Å². The quantitative estimate of drug-likeness (QED) is 0.899. The van der Waals surface area contributed by atoms with Crippen LogP contribution in [0, 0.1) is 5.82 Å². The second kappa shape index (κ2) is 7.86. The highest BCUT2D eigenvalue weighted by molar-refractivity contribution is 5.84. The molecule has 1 aromatic carbocycles. The van der Waals surface area contributed by atoms with Crippen molar-refractivity contribution >= 4 is 5.91 Å². The Hall–Kier alpha value is -1.50. The van der Waals surface area contributed by atoms with Gasteiger partial charge in [0.15, 0.2) is 6.29 Å². The molecule has 2 aliphatic heterocycles. The van der Waals surface area contributed by atoms with E-state index in [9.17, 15) is 9.18 Å². The molecule has 2 fully saturated rings. The number of hydrogen-bond donors (Lipinski definition) is 1. The van der Waals surface area contributed by atoms with Gasteiger partial charge in [-0.05, 0) is 25.3 Å². The molecular weight excluding hydrogens is 299 g/mol. The highest BCUT2D eigenvalue weighted by atomic mass is 19.1. The normalized spacial score (nSPS) is 26.0. The molecule has 126 valence electrons. The summed E-state index contributed by atoms with van der Waals surface area (Å²) in [5, 5.41) is 2.81. The van der Waals surface area contributed by atoms with Crippen LogP contribution >= 0.6 is 0 Å². The predicted octanol–water partition coefficient (Wildman–Crippen LogP) is 1.84. The highest BCUT2D eigenvalue weighted by Gasteiger charge is 2.32. The van der Waals surface area contributed by atoms with Crippen LogP contribution in [0.3, 0.4) is 0 Å². The number of hydrogen-bond acceptors (Lipinski definition) is 4. The molecule has 6 heteroatoms. The van der Waals surface area contributed by atoms with Crippen LogP contribution in [-0.2, 0) is 14.3 Å². The minimum Gasteiger partial charge on any atom is -0.353 e. The van der Waals surface area contributed by atoms with Gasteiger partial charge in [0.2, 0.25) is 5.91 Å². The third-order valence-electron chi connectivity index (χ3n) is 4.33. The van der Waals surface area contributed by atoms with Crippen molar-refractivity contribution in [3.8, 4) is 0 Å². The van der Waals surface area contributed by atoms with Crippen LogP contribution in [0.4, 0.5) is 4.39 Å². The van der Waals surface area contributed by atoms with Crippen LogP contribution in [0.15, 0.2) is 24.3 Å². The summed E-state index contributed by atoms with van der Waals surface area (Å²) >= 11 is 0. The third-order valence-corrected chi connectivity index (χ3v) is 4.33. The summed E-state index contributed by atoms with van der Waals surface area (Å²) in [6, 6.07) is 5.85. The van der Waals surface area contributed by atoms with Crippen molar-refractivity contribution in [3.63, 3.8) is 0 Å². The molecule has 23 heavy (non-hydrogen) atoms. The summed E-state index contributed by atoms with van der Waals surface area (Å²) in [5.41, 5.74) is 0.415. The zero-order chi connectivity index (χ0) is 16.1. The summed E-state index contributed by atoms with van der Waals surface area (Å²) in [4.78, 5) is 14.2. The van der Waals surface area contributed by atoms with E-state index >= 15 is 0 Å². The molecule has 0 aliphatic carbocycles. The van der Waals surface area contributed by atoms with Gasteiger partial charge < -0.3 is 14.8 Å². The molecule has 0 spiro atoms. The third kappa shape index (κ3) is 4.07. The van der Waals surface area contributed by atoms with Crippen molar-refractivity contribution in [1.82, 2.24) is 10.2 Å². The van der Waals surface area contributed by atoms with Crippen LogP contribution in [0.1, 0.15) is 30.9 Å². The molecule has 5 nitrogen and oxygen atoms in total. The first-order valence-electron chi connectivity index (χ1n) is 8.25. The number of piperazine rings is 1. The average Bonchev–Trinajstić information content (AvgIpc) is 2.57. The summed E-state index contributed by atoms with van der Waals surface area (Å²) in [6.45, 7) is 3.05. The van der Waals surface area contributed by atoms with Crippen LogP contribution in [0.5, 0.6) is 0 Å². The number of ether oxygens (including phenoxy) is 2. The first-order chi connectivity index (χ1) is 11.3. The van der Waals surface area contributed by atoms with E-state index in [1.807, 2.05) is 4.90 Å². The number of nitrogens with one attached hydrogen (secondary N) is 1. The Balaban J connectivity index is 1.61. The molecule has 2 heterocycles. The lowest BCUT2D eigenvalue weighted by molar-refractivity contribution is -0.165. The fourth-order valence-corrected chi connectivity index (χ4v) is 3.13. The molecule has 1 aromatic rings. The van der Waals surface area contributed by atoms with E-state index in [-0.39, 0.29) is 18.0 Å². The zero-order valence-corrected chi connectivity index (χ0v) is 13.2. The van der Waals surface area contributed by atoms with Crippen molar-refractivity contribution in [2.45, 2.75) is 31.6 Å². The highest BCUT2D eigenvalue weighted by Crippen LogP contribution is 2.25. The van der Waals surface area contributed by atoms with Gasteiger partial charge in [0.25, 0.3) is 0 Å². The molecule has 0 bridgehead atoms. The van der Waals surface area contributed by atoms with Crippen molar-refractivity contribution in [2.75, 3.05) is 32.8 Å². The van der Waals surface area contributed by atoms with E-state index in [4.69, 9.17) is 9.47 Å². The largest absolute Gasteiger partial charge is 0.353 e. The topological polar surface area (TPSA) is 50.8 Å². The van der Waals surface area contributed by atoms with Gasteiger partial charge in [-0.15, -0.1) is 0 Å². The molecule has 2 saturated heterocycles. The summed E-state index contributed by atoms with van der Waals surface area (Å²) < 4.78 is 25.4. The minimum atomic E-state index is -0.596. The molecule has 2 aliphatic rings. The molecule has 0 aromatic heterocycles. The van der Waals surface area contributed by atoms with Gasteiger partial charge in [-0.25, -0.2) is 4.39 Å². The zero-order valence-electron chi connectivity index (χ0n) is 13.2. The lowest BCUT2D eigenvalue weighted by Gasteiger charge is -2.35. The predicted molar refractivity (Wildman–Crippen MR) is 83.3 cm³/mol. The smallest absolute Gasteiger partial charge is 0.242 e. The van der Waals surface area contributed by atoms with Gasteiger partial charge in [0.1, 0.15) is 11.9 Å². The van der Waals surface area contributed by atoms with E-state index in [1.54, 1.807) is 18.2 Å².